The van der Waals surface area contributed by atoms with Gasteiger partial charge in [0.05, 0.1) is 0 Å². The topological polar surface area (TPSA) is 28.7 Å². The van der Waals surface area contributed by atoms with Gasteiger partial charge in [0.2, 0.25) is 0 Å². The Kier molecular flexibility index (Phi) is 0.801. The Bertz CT molecular complexity index is 202. The van der Waals surface area contributed by atoms with Crippen molar-refractivity contribution in [3.8, 4) is 10.1 Å². The molecule has 2 rings (SSSR count). The number of nitrogens with zero attached hydrogens (tertiary/aromatic N) is 1. The quantitative estimate of drug-likeness (QED) is 0.577. The van der Waals surface area contributed by atoms with Gasteiger partial charge in [-0.3, -0.25) is 0 Å². The summed E-state index contributed by atoms with van der Waals surface area (Å²) in [6, 6.07) is 6.17. The third kappa shape index (κ3) is 0.457. The van der Waals surface area contributed by atoms with E-state index in [2.05, 4.69) is 15.3 Å². The first-order valence-corrected chi connectivity index (χ1v) is 4.06. The maximum atomic E-state index is 4.04. The third-order valence-corrected chi connectivity index (χ3v) is 2.64. The predicted molar refractivity (Wildman–Crippen MR) is 32.1 cm³/mol. The molecule has 1 N–H and O–H groups in total. The third-order valence-electron chi connectivity index (χ3n) is 1.08. The van der Waals surface area contributed by atoms with Crippen LogP contribution in [0.15, 0.2) is 18.2 Å². The van der Waals surface area contributed by atoms with Gasteiger partial charge in [-0.05, 0) is 0 Å². The van der Waals surface area contributed by atoms with Gasteiger partial charge < -0.3 is 0 Å². The first-order valence-electron chi connectivity index (χ1n) is 2.35. The van der Waals surface area contributed by atoms with E-state index in [0.717, 1.165) is 5.69 Å². The summed E-state index contributed by atoms with van der Waals surface area (Å²) in [6.45, 7) is 0. The fraction of sp³-hybridized carbons (Fsp3) is 0. The van der Waals surface area contributed by atoms with E-state index in [1.807, 2.05) is 12.1 Å². The van der Waals surface area contributed by atoms with Crippen LogP contribution in [0.4, 0.5) is 0 Å². The molecule has 0 amide bonds. The molecule has 0 saturated carbocycles. The molecule has 0 unspecified atom stereocenters. The average Bonchev–Trinajstić information content (AvgIpc) is 2.15. The summed E-state index contributed by atoms with van der Waals surface area (Å²) in [5.41, 5.74) is 1.13. The fourth-order valence-electron chi connectivity index (χ4n) is 0.694. The molecule has 0 aromatic rings. The van der Waals surface area contributed by atoms with Crippen LogP contribution in [0.5, 0.6) is 0 Å². The van der Waals surface area contributed by atoms with Crippen molar-refractivity contribution >= 4 is 14.7 Å². The summed E-state index contributed by atoms with van der Waals surface area (Å²) in [5, 5.41) is 4.04. The van der Waals surface area contributed by atoms with Crippen LogP contribution in [0, 0.1) is 0 Å². The van der Waals surface area contributed by atoms with E-state index in [1.165, 1.54) is 4.44 Å². The molecule has 1 aliphatic carbocycles. The number of fused-ring (bicyclic) bond motifs is 1. The van der Waals surface area contributed by atoms with E-state index in [4.69, 9.17) is 0 Å². The standard InChI is InChI=1S/C5H4N2Se/c1-2-4-5(3-1)8-7-6-4/h1-3,7H. The Labute approximate surface area is 52.8 Å². The first kappa shape index (κ1) is 4.36. The molecule has 40 valence electrons. The molecule has 2 aliphatic rings. The van der Waals surface area contributed by atoms with Gasteiger partial charge in [0.1, 0.15) is 0 Å². The number of rotatable bonds is 0. The van der Waals surface area contributed by atoms with Crippen molar-refractivity contribution < 1.29 is 0 Å². The molecule has 8 heavy (non-hydrogen) atoms. The Morgan fingerprint density at radius 2 is 2.50 bits per heavy atom. The summed E-state index contributed by atoms with van der Waals surface area (Å²) in [7, 11) is 0. The second-order valence-corrected chi connectivity index (χ2v) is 3.31. The maximum absolute atomic E-state index is 4.04. The molecule has 0 aromatic carbocycles. The molecule has 0 atom stereocenters. The zero-order valence-electron chi connectivity index (χ0n) is 4.09. The summed E-state index contributed by atoms with van der Waals surface area (Å²) in [5.74, 6) is 0. The van der Waals surface area contributed by atoms with E-state index >= 15 is 0 Å². The molecular weight excluding hydrogens is 167 g/mol. The molecule has 2 nitrogen and oxygen atoms in total. The first-order chi connectivity index (χ1) is 3.97. The SMILES string of the molecule is c1cc2n[nH][se]c-2c1. The minimum atomic E-state index is 0.416. The van der Waals surface area contributed by atoms with Crippen LogP contribution in [0.3, 0.4) is 0 Å². The van der Waals surface area contributed by atoms with Crippen molar-refractivity contribution in [2.24, 2.45) is 0 Å². The normalized spacial score (nSPS) is 10.5. The second kappa shape index (κ2) is 1.47. The molecule has 0 spiro atoms. The van der Waals surface area contributed by atoms with Crippen molar-refractivity contribution in [1.29, 1.82) is 0 Å². The average molecular weight is 171 g/mol. The summed E-state index contributed by atoms with van der Waals surface area (Å²) in [6.07, 6.45) is 0. The van der Waals surface area contributed by atoms with Crippen LogP contribution < -0.4 is 0 Å². The Morgan fingerprint density at radius 3 is 3.38 bits per heavy atom. The number of aromatic nitrogens is 2. The van der Waals surface area contributed by atoms with Crippen molar-refractivity contribution in [3.05, 3.63) is 18.2 Å². The van der Waals surface area contributed by atoms with Crippen LogP contribution in [-0.2, 0) is 0 Å². The van der Waals surface area contributed by atoms with Gasteiger partial charge in [-0.2, -0.15) is 0 Å². The molecule has 0 aromatic heterocycles. The van der Waals surface area contributed by atoms with E-state index in [9.17, 15) is 0 Å². The number of aromatic amines is 1. The van der Waals surface area contributed by atoms with Gasteiger partial charge in [-0.25, -0.2) is 0 Å². The van der Waals surface area contributed by atoms with Crippen LogP contribution in [-0.4, -0.2) is 23.9 Å². The molecule has 1 heterocycles. The van der Waals surface area contributed by atoms with Gasteiger partial charge >= 0.3 is 52.3 Å². The Balaban J connectivity index is 2.84. The molecule has 0 fully saturated rings. The minimum absolute atomic E-state index is 0.416. The van der Waals surface area contributed by atoms with Crippen molar-refractivity contribution in [1.82, 2.24) is 9.19 Å². The van der Waals surface area contributed by atoms with E-state index in [1.54, 1.807) is 0 Å². The fourth-order valence-corrected chi connectivity index (χ4v) is 1.97. The number of hydrogen-bond donors (Lipinski definition) is 1. The van der Waals surface area contributed by atoms with Crippen molar-refractivity contribution in [3.63, 3.8) is 0 Å². The zero-order chi connectivity index (χ0) is 5.40. The van der Waals surface area contributed by atoms with Crippen LogP contribution in [0.2, 0.25) is 0 Å². The molecule has 3 heteroatoms. The van der Waals surface area contributed by atoms with Crippen molar-refractivity contribution in [2.75, 3.05) is 0 Å². The summed E-state index contributed by atoms with van der Waals surface area (Å²) in [4.78, 5) is 0. The van der Waals surface area contributed by atoms with Crippen LogP contribution in [0.1, 0.15) is 0 Å². The number of nitrogens with one attached hydrogen (secondary N) is 1. The zero-order valence-corrected chi connectivity index (χ0v) is 5.80. The molecule has 0 radical (unpaired) electrons. The molecule has 0 bridgehead atoms. The van der Waals surface area contributed by atoms with E-state index < -0.39 is 0 Å². The Morgan fingerprint density at radius 1 is 1.50 bits per heavy atom. The Hall–Kier alpha value is -0.531. The van der Waals surface area contributed by atoms with E-state index in [0.29, 0.717) is 14.7 Å². The molecule has 1 aliphatic heterocycles. The monoisotopic (exact) mass is 172 g/mol. The van der Waals surface area contributed by atoms with Gasteiger partial charge in [0.25, 0.3) is 0 Å². The summed E-state index contributed by atoms with van der Waals surface area (Å²) >= 11 is 0.416. The number of hydrogen-bond acceptors (Lipinski definition) is 1. The van der Waals surface area contributed by atoms with E-state index in [-0.39, 0.29) is 0 Å². The predicted octanol–water partition coefficient (Wildman–Crippen LogP) is 0.571. The number of H-pyrrole nitrogens is 1. The van der Waals surface area contributed by atoms with Crippen molar-refractivity contribution in [2.45, 2.75) is 0 Å². The van der Waals surface area contributed by atoms with Gasteiger partial charge in [-0.1, -0.05) is 0 Å². The van der Waals surface area contributed by atoms with Gasteiger partial charge in [-0.15, -0.1) is 0 Å². The summed E-state index contributed by atoms with van der Waals surface area (Å²) < 4.78 is 4.33. The van der Waals surface area contributed by atoms with Crippen LogP contribution >= 0.6 is 0 Å². The van der Waals surface area contributed by atoms with Gasteiger partial charge in [0.15, 0.2) is 0 Å². The second-order valence-electron chi connectivity index (χ2n) is 1.58. The van der Waals surface area contributed by atoms with Gasteiger partial charge in [0, 0.05) is 0 Å². The van der Waals surface area contributed by atoms with Crippen LogP contribution in [0.25, 0.3) is 10.1 Å². The molecular formula is C5H4N2Se. The molecule has 0 saturated heterocycles.